The molecule has 0 radical (unpaired) electrons. The molecule has 0 saturated heterocycles. The van der Waals surface area contributed by atoms with Crippen molar-refractivity contribution >= 4 is 28.4 Å². The number of hydrogen-bond donors (Lipinski definition) is 1. The predicted molar refractivity (Wildman–Crippen MR) is 90.8 cm³/mol. The first kappa shape index (κ1) is 16.7. The zero-order valence-electron chi connectivity index (χ0n) is 13.0. The average Bonchev–Trinajstić information content (AvgIpc) is 2.28. The van der Waals surface area contributed by atoms with Crippen molar-refractivity contribution in [3.05, 3.63) is 15.1 Å². The van der Waals surface area contributed by atoms with Gasteiger partial charge in [-0.1, -0.05) is 41.5 Å². The first-order valence-corrected chi connectivity index (χ1v) is 8.14. The Morgan fingerprint density at radius 2 is 1.84 bits per heavy atom. The number of rotatable bonds is 5. The molecule has 0 aliphatic rings. The largest absolute Gasteiger partial charge is 0.369 e. The summed E-state index contributed by atoms with van der Waals surface area (Å²) in [5.41, 5.74) is 1.16. The molecule has 0 bridgehead atoms. The van der Waals surface area contributed by atoms with Crippen LogP contribution < -0.4 is 5.32 Å². The summed E-state index contributed by atoms with van der Waals surface area (Å²) >= 11 is 2.37. The fourth-order valence-corrected chi connectivity index (χ4v) is 2.36. The normalized spacial score (nSPS) is 12.0. The first-order chi connectivity index (χ1) is 8.75. The van der Waals surface area contributed by atoms with Crippen LogP contribution in [0, 0.1) is 9.49 Å². The van der Waals surface area contributed by atoms with E-state index in [0.29, 0.717) is 5.92 Å². The Kier molecular flexibility index (Phi) is 6.02. The Morgan fingerprint density at radius 1 is 1.21 bits per heavy atom. The predicted octanol–water partition coefficient (Wildman–Crippen LogP) is 4.40. The van der Waals surface area contributed by atoms with Gasteiger partial charge in [-0.2, -0.15) is 0 Å². The van der Waals surface area contributed by atoms with Gasteiger partial charge < -0.3 is 5.32 Å². The van der Waals surface area contributed by atoms with Crippen molar-refractivity contribution < 1.29 is 0 Å². The molecule has 4 heteroatoms. The van der Waals surface area contributed by atoms with E-state index in [9.17, 15) is 0 Å². The van der Waals surface area contributed by atoms with Crippen LogP contribution in [0.25, 0.3) is 0 Å². The van der Waals surface area contributed by atoms with Crippen LogP contribution in [-0.2, 0) is 11.8 Å². The zero-order valence-corrected chi connectivity index (χ0v) is 15.1. The molecule has 1 aromatic heterocycles. The van der Waals surface area contributed by atoms with Crippen LogP contribution in [-0.4, -0.2) is 16.5 Å². The van der Waals surface area contributed by atoms with Gasteiger partial charge in [-0.05, 0) is 41.4 Å². The molecule has 1 rings (SSSR count). The second-order valence-corrected chi connectivity index (χ2v) is 7.51. The van der Waals surface area contributed by atoms with E-state index in [-0.39, 0.29) is 5.41 Å². The summed E-state index contributed by atoms with van der Waals surface area (Å²) in [7, 11) is 0. The number of anilines is 1. The number of halogens is 1. The van der Waals surface area contributed by atoms with Gasteiger partial charge in [0.15, 0.2) is 0 Å². The van der Waals surface area contributed by atoms with Gasteiger partial charge in [0.2, 0.25) is 0 Å². The quantitative estimate of drug-likeness (QED) is 0.776. The maximum Gasteiger partial charge on any atom is 0.143 e. The Bertz CT molecular complexity index is 422. The molecule has 108 valence electrons. The van der Waals surface area contributed by atoms with Crippen LogP contribution in [0.15, 0.2) is 0 Å². The van der Waals surface area contributed by atoms with E-state index < -0.39 is 0 Å². The van der Waals surface area contributed by atoms with E-state index in [2.05, 4.69) is 69.5 Å². The van der Waals surface area contributed by atoms with Crippen molar-refractivity contribution in [2.75, 3.05) is 11.9 Å². The lowest BCUT2D eigenvalue weighted by molar-refractivity contribution is 0.534. The molecule has 3 nitrogen and oxygen atoms in total. The summed E-state index contributed by atoms with van der Waals surface area (Å²) in [5.74, 6) is 2.54. The lowest BCUT2D eigenvalue weighted by atomic mass is 9.95. The molecule has 0 spiro atoms. The van der Waals surface area contributed by atoms with Gasteiger partial charge in [0.25, 0.3) is 0 Å². The zero-order chi connectivity index (χ0) is 14.6. The van der Waals surface area contributed by atoms with Crippen LogP contribution >= 0.6 is 22.6 Å². The summed E-state index contributed by atoms with van der Waals surface area (Å²) in [6, 6.07) is 0. The smallest absolute Gasteiger partial charge is 0.143 e. The molecule has 1 heterocycles. The van der Waals surface area contributed by atoms with Crippen molar-refractivity contribution in [3.63, 3.8) is 0 Å². The maximum absolute atomic E-state index is 4.79. The summed E-state index contributed by atoms with van der Waals surface area (Å²) in [6.07, 6.45) is 2.11. The van der Waals surface area contributed by atoms with Crippen molar-refractivity contribution in [2.24, 2.45) is 5.92 Å². The molecule has 1 N–H and O–H groups in total. The highest BCUT2D eigenvalue weighted by Crippen LogP contribution is 2.26. The summed E-state index contributed by atoms with van der Waals surface area (Å²) in [6.45, 7) is 14.1. The lowest BCUT2D eigenvalue weighted by Crippen LogP contribution is -2.20. The van der Waals surface area contributed by atoms with Crippen molar-refractivity contribution in [1.82, 2.24) is 9.97 Å². The molecule has 0 fully saturated rings. The van der Waals surface area contributed by atoms with Crippen LogP contribution in [0.3, 0.4) is 0 Å². The molecule has 0 aromatic carbocycles. The maximum atomic E-state index is 4.79. The van der Waals surface area contributed by atoms with Crippen molar-refractivity contribution in [1.29, 1.82) is 0 Å². The van der Waals surface area contributed by atoms with Crippen molar-refractivity contribution in [2.45, 2.75) is 59.8 Å². The molecule has 0 unspecified atom stereocenters. The van der Waals surface area contributed by atoms with Gasteiger partial charge in [-0.25, -0.2) is 9.97 Å². The van der Waals surface area contributed by atoms with E-state index in [0.717, 1.165) is 31.0 Å². The van der Waals surface area contributed by atoms with Crippen LogP contribution in [0.2, 0.25) is 0 Å². The van der Waals surface area contributed by atoms with E-state index >= 15 is 0 Å². The second kappa shape index (κ2) is 6.86. The van der Waals surface area contributed by atoms with E-state index in [1.807, 2.05) is 0 Å². The Labute approximate surface area is 131 Å². The van der Waals surface area contributed by atoms with Gasteiger partial charge in [-0.3, -0.25) is 0 Å². The molecule has 19 heavy (non-hydrogen) atoms. The average molecular weight is 375 g/mol. The highest BCUT2D eigenvalue weighted by atomic mass is 127. The molecule has 0 aliphatic carbocycles. The van der Waals surface area contributed by atoms with E-state index in [1.54, 1.807) is 0 Å². The lowest BCUT2D eigenvalue weighted by Gasteiger charge is -2.21. The number of nitrogens with one attached hydrogen (secondary N) is 1. The first-order valence-electron chi connectivity index (χ1n) is 7.06. The van der Waals surface area contributed by atoms with E-state index in [4.69, 9.17) is 9.97 Å². The van der Waals surface area contributed by atoms with Gasteiger partial charge in [0, 0.05) is 12.0 Å². The fraction of sp³-hybridized carbons (Fsp3) is 0.733. The molecule has 0 aliphatic heterocycles. The van der Waals surface area contributed by atoms with Gasteiger partial charge >= 0.3 is 0 Å². The molecule has 0 amide bonds. The molecular weight excluding hydrogens is 349 g/mol. The Balaban J connectivity index is 3.21. The van der Waals surface area contributed by atoms with E-state index in [1.165, 1.54) is 9.26 Å². The van der Waals surface area contributed by atoms with Crippen LogP contribution in [0.5, 0.6) is 0 Å². The standard InChI is InChI=1S/C15H26IN3/c1-7-8-17-13-12(16)11(9-10(2)3)18-14(19-13)15(4,5)6/h10H,7-9H2,1-6H3,(H,17,18,19). The Morgan fingerprint density at radius 3 is 2.32 bits per heavy atom. The minimum atomic E-state index is -0.0152. The van der Waals surface area contributed by atoms with Crippen LogP contribution in [0.1, 0.15) is 59.5 Å². The summed E-state index contributed by atoms with van der Waals surface area (Å²) < 4.78 is 1.17. The van der Waals surface area contributed by atoms with Crippen LogP contribution in [0.4, 0.5) is 5.82 Å². The molecular formula is C15H26IN3. The summed E-state index contributed by atoms with van der Waals surface area (Å²) in [5, 5.41) is 3.43. The number of hydrogen-bond acceptors (Lipinski definition) is 3. The fourth-order valence-electron chi connectivity index (χ4n) is 1.71. The van der Waals surface area contributed by atoms with Crippen molar-refractivity contribution in [3.8, 4) is 0 Å². The second-order valence-electron chi connectivity index (χ2n) is 6.43. The highest BCUT2D eigenvalue weighted by molar-refractivity contribution is 14.1. The topological polar surface area (TPSA) is 37.8 Å². The molecule has 0 atom stereocenters. The minimum Gasteiger partial charge on any atom is -0.369 e. The third-order valence-electron chi connectivity index (χ3n) is 2.73. The molecule has 1 aromatic rings. The number of aromatic nitrogens is 2. The monoisotopic (exact) mass is 375 g/mol. The third kappa shape index (κ3) is 4.89. The minimum absolute atomic E-state index is 0.0152. The Hall–Kier alpha value is -0.390. The van der Waals surface area contributed by atoms with Gasteiger partial charge in [0.05, 0.1) is 9.26 Å². The summed E-state index contributed by atoms with van der Waals surface area (Å²) in [4.78, 5) is 9.51. The highest BCUT2D eigenvalue weighted by Gasteiger charge is 2.21. The van der Waals surface area contributed by atoms with Gasteiger partial charge in [0.1, 0.15) is 11.6 Å². The number of nitrogens with zero attached hydrogens (tertiary/aromatic N) is 2. The SMILES string of the molecule is CCCNc1nc(C(C)(C)C)nc(CC(C)C)c1I. The van der Waals surface area contributed by atoms with Gasteiger partial charge in [-0.15, -0.1) is 0 Å². The third-order valence-corrected chi connectivity index (χ3v) is 3.87. The molecule has 0 saturated carbocycles.